The Bertz CT molecular complexity index is 673. The Hall–Kier alpha value is -2.68. The molecule has 1 rings (SSSR count). The monoisotopic (exact) mass is 366 g/mol. The maximum absolute atomic E-state index is 12.2. The van der Waals surface area contributed by atoms with E-state index in [0.717, 1.165) is 0 Å². The van der Waals surface area contributed by atoms with Gasteiger partial charge in [-0.15, -0.1) is 0 Å². The summed E-state index contributed by atoms with van der Waals surface area (Å²) in [6, 6.07) is 2.77. The molecule has 0 aliphatic rings. The minimum Gasteiger partial charge on any atom is -0.490 e. The van der Waals surface area contributed by atoms with Gasteiger partial charge in [0.2, 0.25) is 11.8 Å². The summed E-state index contributed by atoms with van der Waals surface area (Å²) in [6.07, 6.45) is 0. The normalized spacial score (nSPS) is 10.5. The number of aryl methyl sites for hydroxylation is 1. The van der Waals surface area contributed by atoms with Crippen LogP contribution in [-0.2, 0) is 9.59 Å². The van der Waals surface area contributed by atoms with Crippen molar-refractivity contribution in [2.45, 2.75) is 20.8 Å². The predicted molar refractivity (Wildman–Crippen MR) is 98.4 cm³/mol. The van der Waals surface area contributed by atoms with Crippen molar-refractivity contribution >= 4 is 23.2 Å². The average Bonchev–Trinajstić information content (AvgIpc) is 2.56. The highest BCUT2D eigenvalue weighted by atomic mass is 16.6. The second-order valence-electron chi connectivity index (χ2n) is 5.88. The zero-order valence-electron chi connectivity index (χ0n) is 15.9. The van der Waals surface area contributed by atoms with E-state index in [1.54, 1.807) is 23.8 Å². The Morgan fingerprint density at radius 3 is 2.35 bits per heavy atom. The van der Waals surface area contributed by atoms with Crippen LogP contribution in [0.1, 0.15) is 19.4 Å². The number of rotatable bonds is 9. The highest BCUT2D eigenvalue weighted by molar-refractivity contribution is 5.93. The number of carbonyl (C=O) groups excluding carboxylic acids is 2. The van der Waals surface area contributed by atoms with Crippen LogP contribution >= 0.6 is 0 Å². The number of hydrogen-bond acceptors (Lipinski definition) is 6. The molecule has 0 saturated carbocycles. The summed E-state index contributed by atoms with van der Waals surface area (Å²) in [6.45, 7) is 6.87. The molecular formula is C17H26N4O5. The summed E-state index contributed by atoms with van der Waals surface area (Å²) < 4.78 is 5.02. The standard InChI is InChI=1S/C17H26N4O5/c1-6-20(7-2)17(23)11-19(4)10-16(22)18-13-9-15(26-5)14(21(24)25)8-12(13)3/h8-9H,6-7,10-11H2,1-5H3,(H,18,22). The van der Waals surface area contributed by atoms with Gasteiger partial charge in [0.25, 0.3) is 0 Å². The number of nitrogens with zero attached hydrogens (tertiary/aromatic N) is 3. The molecule has 9 heteroatoms. The fraction of sp³-hybridized carbons (Fsp3) is 0.529. The Kier molecular flexibility index (Phi) is 7.98. The van der Waals surface area contributed by atoms with Gasteiger partial charge in [-0.2, -0.15) is 0 Å². The molecule has 26 heavy (non-hydrogen) atoms. The first-order chi connectivity index (χ1) is 12.2. The smallest absolute Gasteiger partial charge is 0.311 e. The largest absolute Gasteiger partial charge is 0.490 e. The number of likely N-dealkylation sites (N-methyl/N-ethyl adjacent to an activating group) is 2. The van der Waals surface area contributed by atoms with E-state index >= 15 is 0 Å². The molecule has 144 valence electrons. The van der Waals surface area contributed by atoms with Crippen molar-refractivity contribution in [1.29, 1.82) is 0 Å². The minimum absolute atomic E-state index is 0.0196. The van der Waals surface area contributed by atoms with Gasteiger partial charge in [0, 0.05) is 30.9 Å². The predicted octanol–water partition coefficient (Wildman–Crippen LogP) is 1.65. The second-order valence-corrected chi connectivity index (χ2v) is 5.88. The highest BCUT2D eigenvalue weighted by Gasteiger charge is 2.19. The molecule has 0 fully saturated rings. The van der Waals surface area contributed by atoms with E-state index in [9.17, 15) is 19.7 Å². The summed E-state index contributed by atoms with van der Waals surface area (Å²) in [7, 11) is 3.01. The molecule has 9 nitrogen and oxygen atoms in total. The van der Waals surface area contributed by atoms with Crippen LogP contribution in [0.2, 0.25) is 0 Å². The van der Waals surface area contributed by atoms with Gasteiger partial charge in [0.05, 0.1) is 25.1 Å². The molecule has 0 bridgehead atoms. The lowest BCUT2D eigenvalue weighted by Gasteiger charge is -2.22. The van der Waals surface area contributed by atoms with Crippen molar-refractivity contribution in [2.24, 2.45) is 0 Å². The lowest BCUT2D eigenvalue weighted by Crippen LogP contribution is -2.41. The van der Waals surface area contributed by atoms with Crippen LogP contribution in [0.15, 0.2) is 12.1 Å². The van der Waals surface area contributed by atoms with E-state index in [1.165, 1.54) is 19.2 Å². The van der Waals surface area contributed by atoms with Crippen LogP contribution in [-0.4, -0.2) is 66.9 Å². The van der Waals surface area contributed by atoms with Gasteiger partial charge in [0.1, 0.15) is 0 Å². The molecule has 0 aromatic heterocycles. The number of ether oxygens (including phenoxy) is 1. The Morgan fingerprint density at radius 2 is 1.85 bits per heavy atom. The summed E-state index contributed by atoms with van der Waals surface area (Å²) in [5, 5.41) is 13.7. The topological polar surface area (TPSA) is 105 Å². The molecule has 1 aromatic carbocycles. The van der Waals surface area contributed by atoms with Gasteiger partial charge in [-0.05, 0) is 33.4 Å². The summed E-state index contributed by atoms with van der Waals surface area (Å²) in [4.78, 5) is 38.1. The van der Waals surface area contributed by atoms with Crippen molar-refractivity contribution in [3.63, 3.8) is 0 Å². The van der Waals surface area contributed by atoms with E-state index in [-0.39, 0.29) is 36.3 Å². The number of nitro groups is 1. The van der Waals surface area contributed by atoms with Gasteiger partial charge in [-0.3, -0.25) is 24.6 Å². The Labute approximate surface area is 153 Å². The molecular weight excluding hydrogens is 340 g/mol. The zero-order valence-corrected chi connectivity index (χ0v) is 15.9. The van der Waals surface area contributed by atoms with E-state index in [2.05, 4.69) is 5.32 Å². The van der Waals surface area contributed by atoms with Crippen molar-refractivity contribution in [2.75, 3.05) is 45.7 Å². The van der Waals surface area contributed by atoms with Crippen molar-refractivity contribution < 1.29 is 19.2 Å². The molecule has 0 unspecified atom stereocenters. The van der Waals surface area contributed by atoms with Crippen molar-refractivity contribution in [3.8, 4) is 5.75 Å². The fourth-order valence-corrected chi connectivity index (χ4v) is 2.51. The third-order valence-corrected chi connectivity index (χ3v) is 3.93. The van der Waals surface area contributed by atoms with Crippen molar-refractivity contribution in [1.82, 2.24) is 9.80 Å². The van der Waals surface area contributed by atoms with Crippen LogP contribution in [0.4, 0.5) is 11.4 Å². The first kappa shape index (κ1) is 21.4. The van der Waals surface area contributed by atoms with Crippen LogP contribution in [0.25, 0.3) is 0 Å². The third-order valence-electron chi connectivity index (χ3n) is 3.93. The van der Waals surface area contributed by atoms with Crippen LogP contribution in [0.3, 0.4) is 0 Å². The Morgan fingerprint density at radius 1 is 1.23 bits per heavy atom. The van der Waals surface area contributed by atoms with Gasteiger partial charge >= 0.3 is 5.69 Å². The molecule has 0 aliphatic carbocycles. The number of amides is 2. The fourth-order valence-electron chi connectivity index (χ4n) is 2.51. The van der Waals surface area contributed by atoms with Gasteiger partial charge in [-0.25, -0.2) is 0 Å². The van der Waals surface area contributed by atoms with Crippen LogP contribution in [0.5, 0.6) is 5.75 Å². The number of benzene rings is 1. The SMILES string of the molecule is CCN(CC)C(=O)CN(C)CC(=O)Nc1cc(OC)c([N+](=O)[O-])cc1C. The molecule has 1 aromatic rings. The van der Waals surface area contributed by atoms with Crippen molar-refractivity contribution in [3.05, 3.63) is 27.8 Å². The first-order valence-electron chi connectivity index (χ1n) is 8.32. The molecule has 1 N–H and O–H groups in total. The zero-order chi connectivity index (χ0) is 19.9. The summed E-state index contributed by atoms with van der Waals surface area (Å²) >= 11 is 0. The highest BCUT2D eigenvalue weighted by Crippen LogP contribution is 2.32. The van der Waals surface area contributed by atoms with E-state index < -0.39 is 4.92 Å². The van der Waals surface area contributed by atoms with Crippen LogP contribution in [0, 0.1) is 17.0 Å². The van der Waals surface area contributed by atoms with Gasteiger partial charge in [0.15, 0.2) is 5.75 Å². The summed E-state index contributed by atoms with van der Waals surface area (Å²) in [5.74, 6) is -0.293. The number of carbonyl (C=O) groups is 2. The summed E-state index contributed by atoms with van der Waals surface area (Å²) in [5.41, 5.74) is 0.818. The molecule has 0 heterocycles. The maximum atomic E-state index is 12.2. The molecule has 2 amide bonds. The van der Waals surface area contributed by atoms with Gasteiger partial charge < -0.3 is 15.0 Å². The number of nitrogens with one attached hydrogen (secondary N) is 1. The van der Waals surface area contributed by atoms with E-state index in [1.807, 2.05) is 13.8 Å². The van der Waals surface area contributed by atoms with E-state index in [0.29, 0.717) is 24.3 Å². The minimum atomic E-state index is -0.538. The Balaban J connectivity index is 2.76. The number of nitro benzene ring substituents is 1. The molecule has 0 atom stereocenters. The lowest BCUT2D eigenvalue weighted by molar-refractivity contribution is -0.385. The number of anilines is 1. The number of methoxy groups -OCH3 is 1. The number of hydrogen-bond donors (Lipinski definition) is 1. The second kappa shape index (κ2) is 9.71. The average molecular weight is 366 g/mol. The lowest BCUT2D eigenvalue weighted by atomic mass is 10.1. The molecule has 0 saturated heterocycles. The molecule has 0 spiro atoms. The van der Waals surface area contributed by atoms with E-state index in [4.69, 9.17) is 4.74 Å². The maximum Gasteiger partial charge on any atom is 0.311 e. The quantitative estimate of drug-likeness (QED) is 0.526. The van der Waals surface area contributed by atoms with Gasteiger partial charge in [-0.1, -0.05) is 0 Å². The first-order valence-corrected chi connectivity index (χ1v) is 8.32. The van der Waals surface area contributed by atoms with Crippen LogP contribution < -0.4 is 10.1 Å². The third kappa shape index (κ3) is 5.69. The molecule has 0 radical (unpaired) electrons. The molecule has 0 aliphatic heterocycles.